The standard InChI is InChI=1S/C15H17N3O5/c1-4-17-9(2)12(14(19)23-3)13(16-15(17)20)10-7-5-6-8-11(10)18(21)22/h5-8,13H,4H2,1-3H3,(H,16,20)/t13-/m1/s1. The molecule has 0 saturated carbocycles. The van der Waals surface area contributed by atoms with Crippen LogP contribution in [0.4, 0.5) is 10.5 Å². The van der Waals surface area contributed by atoms with Crippen LogP contribution in [-0.4, -0.2) is 35.5 Å². The van der Waals surface area contributed by atoms with Crippen molar-refractivity contribution in [1.82, 2.24) is 10.2 Å². The van der Waals surface area contributed by atoms with Gasteiger partial charge in [0.05, 0.1) is 29.2 Å². The van der Waals surface area contributed by atoms with E-state index in [1.54, 1.807) is 19.9 Å². The molecule has 0 bridgehead atoms. The number of esters is 1. The molecule has 8 nitrogen and oxygen atoms in total. The van der Waals surface area contributed by atoms with Gasteiger partial charge in [0.15, 0.2) is 0 Å². The highest BCUT2D eigenvalue weighted by atomic mass is 16.6. The first kappa shape index (κ1) is 16.5. The van der Waals surface area contributed by atoms with Crippen molar-refractivity contribution in [3.63, 3.8) is 0 Å². The van der Waals surface area contributed by atoms with Crippen LogP contribution in [0.2, 0.25) is 0 Å². The van der Waals surface area contributed by atoms with Crippen LogP contribution in [0, 0.1) is 10.1 Å². The number of allylic oxidation sites excluding steroid dienone is 1. The molecular formula is C15H17N3O5. The van der Waals surface area contributed by atoms with E-state index in [-0.39, 0.29) is 16.8 Å². The average Bonchev–Trinajstić information content (AvgIpc) is 2.54. The van der Waals surface area contributed by atoms with Gasteiger partial charge in [0.1, 0.15) is 0 Å². The van der Waals surface area contributed by atoms with E-state index in [1.807, 2.05) is 0 Å². The zero-order valence-corrected chi connectivity index (χ0v) is 13.0. The second-order valence-electron chi connectivity index (χ2n) is 4.93. The van der Waals surface area contributed by atoms with Crippen molar-refractivity contribution in [1.29, 1.82) is 0 Å². The Morgan fingerprint density at radius 3 is 2.65 bits per heavy atom. The Morgan fingerprint density at radius 1 is 1.43 bits per heavy atom. The predicted octanol–water partition coefficient (Wildman–Crippen LogP) is 2.13. The number of benzene rings is 1. The van der Waals surface area contributed by atoms with Crippen LogP contribution in [0.5, 0.6) is 0 Å². The topological polar surface area (TPSA) is 102 Å². The van der Waals surface area contributed by atoms with Crippen LogP contribution in [0.15, 0.2) is 35.5 Å². The summed E-state index contributed by atoms with van der Waals surface area (Å²) in [5.74, 6) is -0.635. The fourth-order valence-electron chi connectivity index (χ4n) is 2.67. The van der Waals surface area contributed by atoms with Gasteiger partial charge in [-0.1, -0.05) is 12.1 Å². The van der Waals surface area contributed by atoms with Gasteiger partial charge in [0, 0.05) is 18.3 Å². The lowest BCUT2D eigenvalue weighted by Crippen LogP contribution is -2.47. The van der Waals surface area contributed by atoms with Crippen molar-refractivity contribution in [3.8, 4) is 0 Å². The van der Waals surface area contributed by atoms with Gasteiger partial charge < -0.3 is 10.1 Å². The molecule has 0 unspecified atom stereocenters. The summed E-state index contributed by atoms with van der Waals surface area (Å²) in [6, 6.07) is 4.64. The largest absolute Gasteiger partial charge is 0.466 e. The zero-order valence-electron chi connectivity index (χ0n) is 13.0. The Bertz CT molecular complexity index is 698. The summed E-state index contributed by atoms with van der Waals surface area (Å²) in [5.41, 5.74) is 0.674. The Kier molecular flexibility index (Phi) is 4.63. The number of carbonyl (C=O) groups is 2. The molecule has 23 heavy (non-hydrogen) atoms. The number of para-hydroxylation sites is 1. The third-order valence-corrected chi connectivity index (χ3v) is 3.76. The lowest BCUT2D eigenvalue weighted by molar-refractivity contribution is -0.385. The van der Waals surface area contributed by atoms with Crippen molar-refractivity contribution in [2.75, 3.05) is 13.7 Å². The fraction of sp³-hybridized carbons (Fsp3) is 0.333. The van der Waals surface area contributed by atoms with Gasteiger partial charge in [-0.15, -0.1) is 0 Å². The molecule has 0 aromatic heterocycles. The van der Waals surface area contributed by atoms with Crippen LogP contribution < -0.4 is 5.32 Å². The Labute approximate surface area is 132 Å². The van der Waals surface area contributed by atoms with Crippen LogP contribution in [0.3, 0.4) is 0 Å². The minimum atomic E-state index is -0.931. The Balaban J connectivity index is 2.65. The van der Waals surface area contributed by atoms with Gasteiger partial charge in [-0.3, -0.25) is 15.0 Å². The van der Waals surface area contributed by atoms with E-state index in [0.29, 0.717) is 12.2 Å². The second-order valence-corrected chi connectivity index (χ2v) is 4.93. The smallest absolute Gasteiger partial charge is 0.337 e. The molecule has 0 aliphatic carbocycles. The number of ether oxygens (including phenoxy) is 1. The van der Waals surface area contributed by atoms with Gasteiger partial charge in [-0.05, 0) is 19.9 Å². The normalized spacial score (nSPS) is 17.8. The molecule has 0 radical (unpaired) electrons. The maximum atomic E-state index is 12.2. The van der Waals surface area contributed by atoms with Crippen LogP contribution in [0.25, 0.3) is 0 Å². The number of hydrogen-bond donors (Lipinski definition) is 1. The minimum absolute atomic E-state index is 0.169. The average molecular weight is 319 g/mol. The molecule has 1 aliphatic rings. The van der Waals surface area contributed by atoms with Crippen molar-refractivity contribution in [2.24, 2.45) is 0 Å². The van der Waals surface area contributed by atoms with E-state index in [4.69, 9.17) is 4.74 Å². The van der Waals surface area contributed by atoms with Gasteiger partial charge in [-0.2, -0.15) is 0 Å². The third kappa shape index (κ3) is 2.87. The first-order chi connectivity index (χ1) is 10.9. The maximum absolute atomic E-state index is 12.2. The van der Waals surface area contributed by atoms with Crippen molar-refractivity contribution in [2.45, 2.75) is 19.9 Å². The quantitative estimate of drug-likeness (QED) is 0.520. The first-order valence-electron chi connectivity index (χ1n) is 7.02. The first-order valence-corrected chi connectivity index (χ1v) is 7.02. The molecule has 122 valence electrons. The predicted molar refractivity (Wildman–Crippen MR) is 81.5 cm³/mol. The molecule has 8 heteroatoms. The number of nitro groups is 1. The number of methoxy groups -OCH3 is 1. The molecular weight excluding hydrogens is 302 g/mol. The molecule has 1 aromatic rings. The highest BCUT2D eigenvalue weighted by Crippen LogP contribution is 2.35. The third-order valence-electron chi connectivity index (χ3n) is 3.76. The van der Waals surface area contributed by atoms with E-state index >= 15 is 0 Å². The second kappa shape index (κ2) is 6.47. The van der Waals surface area contributed by atoms with Crippen LogP contribution in [0.1, 0.15) is 25.5 Å². The lowest BCUT2D eigenvalue weighted by atomic mass is 9.93. The summed E-state index contributed by atoms with van der Waals surface area (Å²) in [6.07, 6.45) is 0. The zero-order chi connectivity index (χ0) is 17.1. The van der Waals surface area contributed by atoms with Crippen LogP contribution in [-0.2, 0) is 9.53 Å². The van der Waals surface area contributed by atoms with Gasteiger partial charge in [0.25, 0.3) is 5.69 Å². The summed E-state index contributed by atoms with van der Waals surface area (Å²) in [7, 11) is 1.23. The molecule has 2 amide bonds. The van der Waals surface area contributed by atoms with Gasteiger partial charge in [-0.25, -0.2) is 9.59 Å². The summed E-state index contributed by atoms with van der Waals surface area (Å²) >= 11 is 0. The molecule has 0 saturated heterocycles. The maximum Gasteiger partial charge on any atom is 0.337 e. The number of nitro benzene ring substituents is 1. The molecule has 1 atom stereocenters. The SMILES string of the molecule is CCN1C(=O)N[C@H](c2ccccc2[N+](=O)[O-])C(C(=O)OC)=C1C. The highest BCUT2D eigenvalue weighted by Gasteiger charge is 2.38. The molecule has 0 fully saturated rings. The molecule has 1 N–H and O–H groups in total. The fourth-order valence-corrected chi connectivity index (χ4v) is 2.67. The number of nitrogens with one attached hydrogen (secondary N) is 1. The Morgan fingerprint density at radius 2 is 2.09 bits per heavy atom. The van der Waals surface area contributed by atoms with E-state index in [0.717, 1.165) is 0 Å². The number of rotatable bonds is 4. The monoisotopic (exact) mass is 319 g/mol. The Hall–Kier alpha value is -2.90. The van der Waals surface area contributed by atoms with E-state index in [2.05, 4.69) is 5.32 Å². The molecule has 1 heterocycles. The summed E-state index contributed by atoms with van der Waals surface area (Å²) in [4.78, 5) is 36.5. The summed E-state index contributed by atoms with van der Waals surface area (Å²) < 4.78 is 4.80. The highest BCUT2D eigenvalue weighted by molar-refractivity contribution is 5.95. The van der Waals surface area contributed by atoms with E-state index in [1.165, 1.54) is 30.2 Å². The van der Waals surface area contributed by atoms with Crippen molar-refractivity contribution < 1.29 is 19.2 Å². The molecule has 2 rings (SSSR count). The molecule has 1 aromatic carbocycles. The van der Waals surface area contributed by atoms with Crippen LogP contribution >= 0.6 is 0 Å². The van der Waals surface area contributed by atoms with Crippen molar-refractivity contribution >= 4 is 17.7 Å². The summed E-state index contributed by atoms with van der Waals surface area (Å²) in [6.45, 7) is 3.75. The van der Waals surface area contributed by atoms with Crippen molar-refractivity contribution in [3.05, 3.63) is 51.2 Å². The number of carbonyl (C=O) groups excluding carboxylic acids is 2. The van der Waals surface area contributed by atoms with E-state index in [9.17, 15) is 19.7 Å². The van der Waals surface area contributed by atoms with Gasteiger partial charge >= 0.3 is 12.0 Å². The number of nitrogens with zero attached hydrogens (tertiary/aromatic N) is 2. The minimum Gasteiger partial charge on any atom is -0.466 e. The number of urea groups is 1. The lowest BCUT2D eigenvalue weighted by Gasteiger charge is -2.34. The van der Waals surface area contributed by atoms with E-state index < -0.39 is 23.0 Å². The van der Waals surface area contributed by atoms with Gasteiger partial charge in [0.2, 0.25) is 0 Å². The molecule has 0 spiro atoms. The number of hydrogen-bond acceptors (Lipinski definition) is 5. The molecule has 1 aliphatic heterocycles. The number of amides is 2. The summed E-state index contributed by atoms with van der Waals surface area (Å²) in [5, 5.41) is 13.9.